The number of nitrogens with one attached hydrogen (secondary N) is 2. The third-order valence-corrected chi connectivity index (χ3v) is 5.97. The lowest BCUT2D eigenvalue weighted by Crippen LogP contribution is -2.18. The third-order valence-electron chi connectivity index (χ3n) is 4.18. The van der Waals surface area contributed by atoms with Gasteiger partial charge in [-0.1, -0.05) is 24.6 Å². The summed E-state index contributed by atoms with van der Waals surface area (Å²) in [6.45, 7) is 1.72. The summed E-state index contributed by atoms with van der Waals surface area (Å²) in [6, 6.07) is 9.51. The Bertz CT molecular complexity index is 1290. The molecule has 154 valence electrons. The van der Waals surface area contributed by atoms with Gasteiger partial charge in [0.1, 0.15) is 23.8 Å². The predicted octanol–water partition coefficient (Wildman–Crippen LogP) is 3.14. The Kier molecular flexibility index (Phi) is 6.05. The molecule has 9 nitrogen and oxygen atoms in total. The number of nitriles is 1. The van der Waals surface area contributed by atoms with Gasteiger partial charge in [0, 0.05) is 5.39 Å². The molecule has 1 aromatic heterocycles. The third kappa shape index (κ3) is 4.27. The molecule has 1 heterocycles. The van der Waals surface area contributed by atoms with Crippen LogP contribution in [0.1, 0.15) is 29.3 Å². The standard InChI is InChI=1S/C19H17ClN6O3S/c1-2-8-30(28,29)26-15-7-6-14(20)17(13(15)9-21)25-19(27)12-5-3-4-11-16(12)23-10-24-18(11)22/h3-7,10,26H,2,8H2,1H3,(H,25,27)(H2,22,23,24). The number of nitrogens with zero attached hydrogens (tertiary/aromatic N) is 3. The fourth-order valence-electron chi connectivity index (χ4n) is 2.86. The number of halogens is 1. The van der Waals surface area contributed by atoms with Crippen LogP contribution in [0.4, 0.5) is 17.2 Å². The Morgan fingerprint density at radius 1 is 1.27 bits per heavy atom. The number of amides is 1. The number of nitrogens with two attached hydrogens (primary N) is 1. The predicted molar refractivity (Wildman–Crippen MR) is 116 cm³/mol. The van der Waals surface area contributed by atoms with Gasteiger partial charge in [-0.15, -0.1) is 0 Å². The van der Waals surface area contributed by atoms with Gasteiger partial charge in [-0.2, -0.15) is 5.26 Å². The van der Waals surface area contributed by atoms with Crippen LogP contribution in [0, 0.1) is 11.3 Å². The topological polar surface area (TPSA) is 151 Å². The van der Waals surface area contributed by atoms with Crippen molar-refractivity contribution in [2.24, 2.45) is 0 Å². The summed E-state index contributed by atoms with van der Waals surface area (Å²) in [5, 5.41) is 12.8. The van der Waals surface area contributed by atoms with Crippen molar-refractivity contribution < 1.29 is 13.2 Å². The highest BCUT2D eigenvalue weighted by atomic mass is 35.5. The molecule has 0 radical (unpaired) electrons. The van der Waals surface area contributed by atoms with Crippen LogP contribution in [-0.2, 0) is 10.0 Å². The van der Waals surface area contributed by atoms with Crippen LogP contribution in [0.15, 0.2) is 36.7 Å². The molecule has 1 amide bonds. The number of anilines is 3. The van der Waals surface area contributed by atoms with Crippen LogP contribution < -0.4 is 15.8 Å². The van der Waals surface area contributed by atoms with Gasteiger partial charge in [0.05, 0.1) is 33.2 Å². The van der Waals surface area contributed by atoms with E-state index in [0.717, 1.165) is 0 Å². The SMILES string of the molecule is CCCS(=O)(=O)Nc1ccc(Cl)c(NC(=O)c2cccc3c(N)ncnc23)c1C#N. The number of sulfonamides is 1. The Hall–Kier alpha value is -3.42. The number of aromatic nitrogens is 2. The van der Waals surface area contributed by atoms with E-state index in [1.165, 1.54) is 24.5 Å². The Labute approximate surface area is 177 Å². The largest absolute Gasteiger partial charge is 0.383 e. The summed E-state index contributed by atoms with van der Waals surface area (Å²) in [4.78, 5) is 21.0. The van der Waals surface area contributed by atoms with Gasteiger partial charge < -0.3 is 11.1 Å². The van der Waals surface area contributed by atoms with Crippen LogP contribution in [0.5, 0.6) is 0 Å². The lowest BCUT2D eigenvalue weighted by molar-refractivity contribution is 0.102. The van der Waals surface area contributed by atoms with Gasteiger partial charge >= 0.3 is 0 Å². The number of rotatable bonds is 6. The molecule has 0 aliphatic carbocycles. The average Bonchev–Trinajstić information content (AvgIpc) is 2.70. The molecule has 0 bridgehead atoms. The first-order valence-corrected chi connectivity index (χ1v) is 10.8. The number of carbonyl (C=O) groups is 1. The number of hydrogen-bond donors (Lipinski definition) is 3. The Morgan fingerprint density at radius 3 is 2.73 bits per heavy atom. The van der Waals surface area contributed by atoms with Crippen LogP contribution in [0.2, 0.25) is 5.02 Å². The van der Waals surface area contributed by atoms with E-state index >= 15 is 0 Å². The molecule has 0 fully saturated rings. The molecule has 0 spiro atoms. The van der Waals surface area contributed by atoms with Crippen molar-refractivity contribution in [1.82, 2.24) is 9.97 Å². The monoisotopic (exact) mass is 444 g/mol. The molecule has 3 aromatic rings. The number of hydrogen-bond acceptors (Lipinski definition) is 7. The zero-order valence-electron chi connectivity index (χ0n) is 15.8. The van der Waals surface area contributed by atoms with Crippen molar-refractivity contribution in [3.8, 4) is 6.07 Å². The number of fused-ring (bicyclic) bond motifs is 1. The van der Waals surface area contributed by atoms with E-state index in [9.17, 15) is 18.5 Å². The van der Waals surface area contributed by atoms with Crippen LogP contribution in [-0.4, -0.2) is 30.0 Å². The molecule has 30 heavy (non-hydrogen) atoms. The summed E-state index contributed by atoms with van der Waals surface area (Å²) in [6.07, 6.45) is 1.64. The molecular weight excluding hydrogens is 428 g/mol. The van der Waals surface area contributed by atoms with Gasteiger partial charge in [0.15, 0.2) is 0 Å². The first kappa shape index (κ1) is 21.3. The van der Waals surface area contributed by atoms with Crippen molar-refractivity contribution in [2.75, 3.05) is 21.5 Å². The summed E-state index contributed by atoms with van der Waals surface area (Å²) >= 11 is 6.20. The molecule has 0 unspecified atom stereocenters. The second kappa shape index (κ2) is 8.52. The highest BCUT2D eigenvalue weighted by Crippen LogP contribution is 2.33. The van der Waals surface area contributed by atoms with Gasteiger partial charge in [0.2, 0.25) is 10.0 Å². The summed E-state index contributed by atoms with van der Waals surface area (Å²) in [7, 11) is -3.65. The smallest absolute Gasteiger partial charge is 0.257 e. The molecule has 11 heteroatoms. The maximum Gasteiger partial charge on any atom is 0.257 e. The maximum atomic E-state index is 12.9. The van der Waals surface area contributed by atoms with Crippen molar-refractivity contribution in [3.05, 3.63) is 52.8 Å². The van der Waals surface area contributed by atoms with Crippen molar-refractivity contribution >= 4 is 55.6 Å². The van der Waals surface area contributed by atoms with Crippen molar-refractivity contribution in [1.29, 1.82) is 5.26 Å². The fourth-order valence-corrected chi connectivity index (χ4v) is 4.21. The summed E-state index contributed by atoms with van der Waals surface area (Å²) in [5.41, 5.74) is 6.26. The Balaban J connectivity index is 2.03. The first-order valence-electron chi connectivity index (χ1n) is 8.81. The number of para-hydroxylation sites is 1. The number of carbonyl (C=O) groups excluding carboxylic acids is 1. The van der Waals surface area contributed by atoms with Gasteiger partial charge in [0.25, 0.3) is 5.91 Å². The summed E-state index contributed by atoms with van der Waals surface area (Å²) < 4.78 is 26.6. The molecule has 0 aliphatic heterocycles. The van der Waals surface area contributed by atoms with Gasteiger partial charge in [-0.3, -0.25) is 9.52 Å². The minimum absolute atomic E-state index is 0.0140. The quantitative estimate of drug-likeness (QED) is 0.528. The lowest BCUT2D eigenvalue weighted by Gasteiger charge is -2.15. The number of nitrogen functional groups attached to an aromatic ring is 1. The molecule has 4 N–H and O–H groups in total. The van der Waals surface area contributed by atoms with Gasteiger partial charge in [-0.05, 0) is 30.7 Å². The average molecular weight is 445 g/mol. The van der Waals surface area contributed by atoms with E-state index < -0.39 is 15.9 Å². The fraction of sp³-hybridized carbons (Fsp3) is 0.158. The molecule has 2 aromatic carbocycles. The zero-order valence-corrected chi connectivity index (χ0v) is 17.4. The highest BCUT2D eigenvalue weighted by molar-refractivity contribution is 7.92. The normalized spacial score (nSPS) is 11.1. The Morgan fingerprint density at radius 2 is 2.03 bits per heavy atom. The maximum absolute atomic E-state index is 12.9. The van der Waals surface area contributed by atoms with Crippen LogP contribution in [0.3, 0.4) is 0 Å². The second-order valence-electron chi connectivity index (χ2n) is 6.29. The zero-order chi connectivity index (χ0) is 21.9. The van der Waals surface area contributed by atoms with E-state index in [0.29, 0.717) is 17.3 Å². The molecule has 0 saturated carbocycles. The van der Waals surface area contributed by atoms with E-state index in [-0.39, 0.29) is 39.1 Å². The highest BCUT2D eigenvalue weighted by Gasteiger charge is 2.20. The van der Waals surface area contributed by atoms with Gasteiger partial charge in [-0.25, -0.2) is 18.4 Å². The van der Waals surface area contributed by atoms with E-state index in [1.54, 1.807) is 19.1 Å². The van der Waals surface area contributed by atoms with Crippen LogP contribution in [0.25, 0.3) is 10.9 Å². The first-order chi connectivity index (χ1) is 14.3. The number of benzene rings is 2. The molecule has 0 aliphatic rings. The minimum Gasteiger partial charge on any atom is -0.383 e. The molecular formula is C19H17ClN6O3S. The summed E-state index contributed by atoms with van der Waals surface area (Å²) in [5.74, 6) is -0.484. The van der Waals surface area contributed by atoms with Crippen LogP contribution >= 0.6 is 11.6 Å². The minimum atomic E-state index is -3.65. The second-order valence-corrected chi connectivity index (χ2v) is 8.54. The van der Waals surface area contributed by atoms with Crippen molar-refractivity contribution in [3.63, 3.8) is 0 Å². The van der Waals surface area contributed by atoms with E-state index in [2.05, 4.69) is 20.0 Å². The van der Waals surface area contributed by atoms with E-state index in [4.69, 9.17) is 17.3 Å². The molecule has 0 saturated heterocycles. The lowest BCUT2D eigenvalue weighted by atomic mass is 10.1. The van der Waals surface area contributed by atoms with Crippen molar-refractivity contribution in [2.45, 2.75) is 13.3 Å². The molecule has 3 rings (SSSR count). The van der Waals surface area contributed by atoms with E-state index in [1.807, 2.05) is 6.07 Å². The molecule has 0 atom stereocenters.